The maximum atomic E-state index is 11.7. The van der Waals surface area contributed by atoms with Gasteiger partial charge in [-0.05, 0) is 23.2 Å². The highest BCUT2D eigenvalue weighted by molar-refractivity contribution is 8.01. The van der Waals surface area contributed by atoms with E-state index in [0.717, 1.165) is 4.88 Å². The molecule has 4 aromatic heterocycles. The van der Waals surface area contributed by atoms with Crippen LogP contribution >= 0.6 is 34.4 Å². The summed E-state index contributed by atoms with van der Waals surface area (Å²) >= 11 is 4.07. The third kappa shape index (κ3) is 2.19. The van der Waals surface area contributed by atoms with Gasteiger partial charge in [-0.3, -0.25) is 4.79 Å². The van der Waals surface area contributed by atoms with Crippen molar-refractivity contribution in [2.24, 2.45) is 0 Å². The van der Waals surface area contributed by atoms with Crippen LogP contribution in [0, 0.1) is 0 Å². The van der Waals surface area contributed by atoms with E-state index in [2.05, 4.69) is 20.3 Å². The van der Waals surface area contributed by atoms with Crippen LogP contribution in [-0.4, -0.2) is 29.5 Å². The molecular formula is C11H7N7OS3. The molecule has 0 fully saturated rings. The summed E-state index contributed by atoms with van der Waals surface area (Å²) in [6.07, 6.45) is 1.46. The lowest BCUT2D eigenvalue weighted by atomic mass is 10.4. The van der Waals surface area contributed by atoms with Gasteiger partial charge in [0.25, 0.3) is 5.56 Å². The van der Waals surface area contributed by atoms with E-state index in [0.29, 0.717) is 20.3 Å². The van der Waals surface area contributed by atoms with Crippen molar-refractivity contribution in [1.82, 2.24) is 29.5 Å². The normalized spacial score (nSPS) is 11.3. The lowest BCUT2D eigenvalue weighted by Gasteiger charge is -1.99. The quantitative estimate of drug-likeness (QED) is 0.556. The summed E-state index contributed by atoms with van der Waals surface area (Å²) < 4.78 is 3.29. The van der Waals surface area contributed by atoms with Gasteiger partial charge in [-0.15, -0.1) is 26.6 Å². The fraction of sp³-hybridized carbons (Fsp3) is 0. The van der Waals surface area contributed by atoms with E-state index in [9.17, 15) is 4.79 Å². The molecule has 0 saturated heterocycles. The van der Waals surface area contributed by atoms with Crippen molar-refractivity contribution >= 4 is 39.4 Å². The van der Waals surface area contributed by atoms with Crippen LogP contribution in [0.3, 0.4) is 0 Å². The van der Waals surface area contributed by atoms with Gasteiger partial charge in [0.1, 0.15) is 0 Å². The Morgan fingerprint density at radius 3 is 2.95 bits per heavy atom. The third-order valence-electron chi connectivity index (χ3n) is 2.74. The zero-order chi connectivity index (χ0) is 15.1. The lowest BCUT2D eigenvalue weighted by molar-refractivity contribution is 0.834. The Kier molecular flexibility index (Phi) is 3.17. The van der Waals surface area contributed by atoms with Gasteiger partial charge in [0, 0.05) is 12.3 Å². The van der Waals surface area contributed by atoms with Crippen LogP contribution in [0.15, 0.2) is 44.1 Å². The van der Waals surface area contributed by atoms with Crippen molar-refractivity contribution in [3.63, 3.8) is 0 Å². The number of rotatable bonds is 3. The van der Waals surface area contributed by atoms with Crippen LogP contribution in [-0.2, 0) is 0 Å². The molecular weight excluding hydrogens is 342 g/mol. The molecule has 0 bridgehead atoms. The molecule has 0 aliphatic heterocycles. The van der Waals surface area contributed by atoms with Crippen LogP contribution in [0.2, 0.25) is 0 Å². The summed E-state index contributed by atoms with van der Waals surface area (Å²) in [4.78, 5) is 17.2. The number of hydrogen-bond donors (Lipinski definition) is 1. The first-order valence-electron chi connectivity index (χ1n) is 5.99. The van der Waals surface area contributed by atoms with Crippen molar-refractivity contribution < 1.29 is 0 Å². The number of hydrogen-bond acceptors (Lipinski definition) is 9. The second-order valence-corrected chi connectivity index (χ2v) is 7.22. The zero-order valence-corrected chi connectivity index (χ0v) is 13.2. The minimum atomic E-state index is -0.221. The molecule has 22 heavy (non-hydrogen) atoms. The van der Waals surface area contributed by atoms with Crippen LogP contribution in [0.1, 0.15) is 0 Å². The largest absolute Gasteiger partial charge is 0.335 e. The fourth-order valence-electron chi connectivity index (χ4n) is 1.77. The average Bonchev–Trinajstić information content (AvgIpc) is 3.21. The molecule has 0 aromatic carbocycles. The predicted molar refractivity (Wildman–Crippen MR) is 84.7 cm³/mol. The Morgan fingerprint density at radius 1 is 1.27 bits per heavy atom. The monoisotopic (exact) mass is 349 g/mol. The third-order valence-corrected chi connectivity index (χ3v) is 5.54. The van der Waals surface area contributed by atoms with Gasteiger partial charge < -0.3 is 5.84 Å². The van der Waals surface area contributed by atoms with Gasteiger partial charge in [-0.2, -0.15) is 4.52 Å². The number of nitrogens with zero attached hydrogens (tertiary/aromatic N) is 6. The second-order valence-electron chi connectivity index (χ2n) is 4.10. The summed E-state index contributed by atoms with van der Waals surface area (Å²) in [6.45, 7) is 0. The van der Waals surface area contributed by atoms with Crippen molar-refractivity contribution in [2.45, 2.75) is 9.50 Å². The molecule has 4 aromatic rings. The van der Waals surface area contributed by atoms with Crippen molar-refractivity contribution in [3.05, 3.63) is 40.1 Å². The topological polar surface area (TPSA) is 104 Å². The predicted octanol–water partition coefficient (Wildman–Crippen LogP) is 1.34. The van der Waals surface area contributed by atoms with Crippen molar-refractivity contribution in [1.29, 1.82) is 0 Å². The molecule has 0 saturated carbocycles. The van der Waals surface area contributed by atoms with E-state index in [-0.39, 0.29) is 5.56 Å². The van der Waals surface area contributed by atoms with Crippen molar-refractivity contribution in [2.75, 3.05) is 5.84 Å². The SMILES string of the molecule is Nn1c(Sc2nn3c(=O)ccnc3s2)nnc1-c1cccs1. The zero-order valence-electron chi connectivity index (χ0n) is 10.8. The number of nitrogens with two attached hydrogens (primary N) is 1. The molecule has 110 valence electrons. The average molecular weight is 349 g/mol. The Bertz CT molecular complexity index is 1000. The molecule has 4 heterocycles. The summed E-state index contributed by atoms with van der Waals surface area (Å²) in [6, 6.07) is 5.21. The maximum Gasteiger partial charge on any atom is 0.275 e. The molecule has 11 heteroatoms. The standard InChI is InChI=1S/C11H7N7OS3/c12-17-8(6-2-1-5-20-6)14-15-10(17)22-11-16-18-7(19)3-4-13-9(18)21-11/h1-5H,12H2. The van der Waals surface area contributed by atoms with Crippen molar-refractivity contribution in [3.8, 4) is 10.7 Å². The van der Waals surface area contributed by atoms with Crippen LogP contribution in [0.5, 0.6) is 0 Å². The van der Waals surface area contributed by atoms with E-state index in [1.165, 1.54) is 55.9 Å². The van der Waals surface area contributed by atoms with Crippen LogP contribution < -0.4 is 11.4 Å². The molecule has 0 spiro atoms. The number of aromatic nitrogens is 6. The first-order valence-corrected chi connectivity index (χ1v) is 8.51. The first kappa shape index (κ1) is 13.4. The van der Waals surface area contributed by atoms with Crippen LogP contribution in [0.4, 0.5) is 0 Å². The van der Waals surface area contributed by atoms with Gasteiger partial charge in [0.05, 0.1) is 4.88 Å². The van der Waals surface area contributed by atoms with Gasteiger partial charge in [-0.1, -0.05) is 17.4 Å². The number of thiophene rings is 1. The highest BCUT2D eigenvalue weighted by Gasteiger charge is 2.16. The van der Waals surface area contributed by atoms with Gasteiger partial charge in [-0.25, -0.2) is 9.66 Å². The Morgan fingerprint density at radius 2 is 2.18 bits per heavy atom. The molecule has 0 amide bonds. The van der Waals surface area contributed by atoms with E-state index in [1.54, 1.807) is 0 Å². The summed E-state index contributed by atoms with van der Waals surface area (Å²) in [7, 11) is 0. The Hall–Kier alpha value is -2.24. The lowest BCUT2D eigenvalue weighted by Crippen LogP contribution is -2.12. The number of nitrogen functional groups attached to an aromatic ring is 1. The molecule has 0 atom stereocenters. The molecule has 4 rings (SSSR count). The van der Waals surface area contributed by atoms with E-state index in [1.807, 2.05) is 17.5 Å². The van der Waals surface area contributed by atoms with Gasteiger partial charge >= 0.3 is 0 Å². The molecule has 8 nitrogen and oxygen atoms in total. The minimum absolute atomic E-state index is 0.221. The molecule has 2 N–H and O–H groups in total. The van der Waals surface area contributed by atoms with Gasteiger partial charge in [0.2, 0.25) is 10.1 Å². The summed E-state index contributed by atoms with van der Waals surface area (Å²) in [5.74, 6) is 6.63. The second kappa shape index (κ2) is 5.19. The molecule has 0 unspecified atom stereocenters. The smallest absolute Gasteiger partial charge is 0.275 e. The first-order chi connectivity index (χ1) is 10.7. The van der Waals surface area contributed by atoms with E-state index in [4.69, 9.17) is 5.84 Å². The number of fused-ring (bicyclic) bond motifs is 1. The fourth-order valence-corrected chi connectivity index (χ4v) is 4.24. The summed E-state index contributed by atoms with van der Waals surface area (Å²) in [5, 5.41) is 14.8. The van der Waals surface area contributed by atoms with Gasteiger partial charge in [0.15, 0.2) is 10.2 Å². The minimum Gasteiger partial charge on any atom is -0.335 e. The maximum absolute atomic E-state index is 11.7. The highest BCUT2D eigenvalue weighted by Crippen LogP contribution is 2.31. The summed E-state index contributed by atoms with van der Waals surface area (Å²) in [5.41, 5.74) is -0.221. The molecule has 0 aliphatic carbocycles. The van der Waals surface area contributed by atoms with E-state index < -0.39 is 0 Å². The van der Waals surface area contributed by atoms with E-state index >= 15 is 0 Å². The Balaban J connectivity index is 1.71. The Labute approximate surface area is 135 Å². The molecule has 0 radical (unpaired) electrons. The molecule has 0 aliphatic rings. The highest BCUT2D eigenvalue weighted by atomic mass is 32.2. The van der Waals surface area contributed by atoms with Crippen LogP contribution in [0.25, 0.3) is 15.7 Å².